The second kappa shape index (κ2) is 9.72. The van der Waals surface area contributed by atoms with Gasteiger partial charge in [0.1, 0.15) is 11.5 Å². The van der Waals surface area contributed by atoms with Gasteiger partial charge in [0.2, 0.25) is 0 Å². The number of ether oxygens (including phenoxy) is 1. The molecule has 1 aromatic heterocycles. The first-order valence-electron chi connectivity index (χ1n) is 11.3. The molecule has 8 heteroatoms. The van der Waals surface area contributed by atoms with Crippen LogP contribution in [-0.4, -0.2) is 40.3 Å². The number of aliphatic hydroxyl groups is 1. The van der Waals surface area contributed by atoms with Crippen LogP contribution in [0.1, 0.15) is 22.7 Å². The second-order valence-electron chi connectivity index (χ2n) is 8.50. The number of rotatable bonds is 6. The van der Waals surface area contributed by atoms with Gasteiger partial charge in [0.05, 0.1) is 18.7 Å². The molecule has 0 unspecified atom stereocenters. The molecule has 1 saturated heterocycles. The Balaban J connectivity index is 1.58. The maximum Gasteiger partial charge on any atom is 0.295 e. The highest BCUT2D eigenvalue weighted by molar-refractivity contribution is 6.47. The van der Waals surface area contributed by atoms with E-state index in [0.717, 1.165) is 16.5 Å². The summed E-state index contributed by atoms with van der Waals surface area (Å²) in [6.45, 7) is 0.245. The Labute approximate surface area is 217 Å². The average Bonchev–Trinajstić information content (AvgIpc) is 3.41. The van der Waals surface area contributed by atoms with Crippen LogP contribution in [0.4, 0.5) is 0 Å². The highest BCUT2D eigenvalue weighted by Gasteiger charge is 2.46. The summed E-state index contributed by atoms with van der Waals surface area (Å²) in [5, 5.41) is 13.0. The summed E-state index contributed by atoms with van der Waals surface area (Å²) in [5.41, 5.74) is 2.89. The number of ketones is 1. The average molecular weight is 521 g/mol. The lowest BCUT2D eigenvalue weighted by molar-refractivity contribution is -0.139. The predicted octanol–water partition coefficient (Wildman–Crippen LogP) is 6.15. The van der Waals surface area contributed by atoms with Crippen molar-refractivity contribution in [2.24, 2.45) is 0 Å². The Hall–Kier alpha value is -3.74. The van der Waals surface area contributed by atoms with Gasteiger partial charge in [-0.1, -0.05) is 47.5 Å². The number of likely N-dealkylation sites (tertiary alicyclic amines) is 1. The van der Waals surface area contributed by atoms with Crippen molar-refractivity contribution in [1.29, 1.82) is 0 Å². The molecule has 182 valence electrons. The zero-order valence-corrected chi connectivity index (χ0v) is 20.8. The Kier molecular flexibility index (Phi) is 6.48. The van der Waals surface area contributed by atoms with E-state index >= 15 is 0 Å². The van der Waals surface area contributed by atoms with Gasteiger partial charge in [-0.05, 0) is 60.0 Å². The molecule has 3 aromatic carbocycles. The van der Waals surface area contributed by atoms with E-state index < -0.39 is 17.7 Å². The molecule has 0 aliphatic carbocycles. The number of halogens is 2. The number of carbonyl (C=O) groups is 2. The molecule has 2 N–H and O–H groups in total. The molecular formula is C28H22Cl2N2O4. The SMILES string of the molecule is COc1ccc(C(O)=C2C(=O)C(=O)N(CCc3c[nH]c4ccccc34)[C@@H]2c2ccc(Cl)cc2Cl)cc1. The minimum absolute atomic E-state index is 0.0201. The number of hydrogen-bond acceptors (Lipinski definition) is 4. The molecule has 6 nitrogen and oxygen atoms in total. The summed E-state index contributed by atoms with van der Waals surface area (Å²) in [5.74, 6) is -1.14. The van der Waals surface area contributed by atoms with Gasteiger partial charge >= 0.3 is 0 Å². The van der Waals surface area contributed by atoms with E-state index in [0.29, 0.717) is 33.3 Å². The third-order valence-electron chi connectivity index (χ3n) is 6.46. The van der Waals surface area contributed by atoms with Gasteiger partial charge < -0.3 is 19.7 Å². The van der Waals surface area contributed by atoms with Gasteiger partial charge in [0, 0.05) is 39.3 Å². The number of nitrogens with one attached hydrogen (secondary N) is 1. The van der Waals surface area contributed by atoms with Crippen LogP contribution in [0.5, 0.6) is 5.75 Å². The van der Waals surface area contributed by atoms with E-state index in [1.807, 2.05) is 30.5 Å². The highest BCUT2D eigenvalue weighted by Crippen LogP contribution is 2.42. The van der Waals surface area contributed by atoms with Gasteiger partial charge in [0.25, 0.3) is 11.7 Å². The number of aromatic amines is 1. The molecule has 0 radical (unpaired) electrons. The number of nitrogens with zero attached hydrogens (tertiary/aromatic N) is 1. The van der Waals surface area contributed by atoms with Crippen molar-refractivity contribution in [3.8, 4) is 5.75 Å². The molecule has 5 rings (SSSR count). The molecule has 2 heterocycles. The third-order valence-corrected chi connectivity index (χ3v) is 7.02. The van der Waals surface area contributed by atoms with Gasteiger partial charge in [-0.3, -0.25) is 9.59 Å². The van der Waals surface area contributed by atoms with Crippen molar-refractivity contribution in [2.75, 3.05) is 13.7 Å². The number of hydrogen-bond donors (Lipinski definition) is 2. The van der Waals surface area contributed by atoms with E-state index in [4.69, 9.17) is 27.9 Å². The van der Waals surface area contributed by atoms with Crippen LogP contribution in [0.2, 0.25) is 10.0 Å². The topological polar surface area (TPSA) is 82.6 Å². The molecule has 0 bridgehead atoms. The summed E-state index contributed by atoms with van der Waals surface area (Å²) >= 11 is 12.7. The zero-order valence-electron chi connectivity index (χ0n) is 19.3. The van der Waals surface area contributed by atoms with Crippen molar-refractivity contribution in [1.82, 2.24) is 9.88 Å². The van der Waals surface area contributed by atoms with E-state index in [1.54, 1.807) is 42.5 Å². The first-order valence-corrected chi connectivity index (χ1v) is 12.1. The van der Waals surface area contributed by atoms with Gasteiger partial charge in [0.15, 0.2) is 0 Å². The number of aromatic nitrogens is 1. The van der Waals surface area contributed by atoms with Crippen LogP contribution in [-0.2, 0) is 16.0 Å². The van der Waals surface area contributed by atoms with E-state index in [1.165, 1.54) is 12.0 Å². The fourth-order valence-corrected chi connectivity index (χ4v) is 5.15. The van der Waals surface area contributed by atoms with Crippen molar-refractivity contribution >= 4 is 51.6 Å². The predicted molar refractivity (Wildman–Crippen MR) is 140 cm³/mol. The monoisotopic (exact) mass is 520 g/mol. The molecule has 1 aliphatic rings. The van der Waals surface area contributed by atoms with Crippen LogP contribution in [0.3, 0.4) is 0 Å². The molecule has 1 amide bonds. The van der Waals surface area contributed by atoms with Gasteiger partial charge in [-0.15, -0.1) is 0 Å². The van der Waals surface area contributed by atoms with Gasteiger partial charge in [-0.2, -0.15) is 0 Å². The van der Waals surface area contributed by atoms with Crippen LogP contribution in [0.25, 0.3) is 16.7 Å². The number of aliphatic hydroxyl groups excluding tert-OH is 1. The van der Waals surface area contributed by atoms with E-state index in [9.17, 15) is 14.7 Å². The molecule has 36 heavy (non-hydrogen) atoms. The largest absolute Gasteiger partial charge is 0.507 e. The maximum atomic E-state index is 13.3. The number of Topliss-reactive ketones (excluding diaryl/α,β-unsaturated/α-hetero) is 1. The number of fused-ring (bicyclic) bond motifs is 1. The number of benzene rings is 3. The molecule has 1 atom stereocenters. The minimum Gasteiger partial charge on any atom is -0.507 e. The number of methoxy groups -OCH3 is 1. The highest BCUT2D eigenvalue weighted by atomic mass is 35.5. The summed E-state index contributed by atoms with van der Waals surface area (Å²) in [7, 11) is 1.54. The molecule has 1 fully saturated rings. The van der Waals surface area contributed by atoms with Crippen LogP contribution in [0, 0.1) is 0 Å². The van der Waals surface area contributed by atoms with E-state index in [-0.39, 0.29) is 17.9 Å². The smallest absolute Gasteiger partial charge is 0.295 e. The summed E-state index contributed by atoms with van der Waals surface area (Å²) in [6, 6.07) is 18.5. The summed E-state index contributed by atoms with van der Waals surface area (Å²) in [6.07, 6.45) is 2.41. The molecule has 0 spiro atoms. The van der Waals surface area contributed by atoms with E-state index in [2.05, 4.69) is 4.98 Å². The van der Waals surface area contributed by atoms with Crippen molar-refractivity contribution in [3.05, 3.63) is 105 Å². The van der Waals surface area contributed by atoms with Crippen LogP contribution < -0.4 is 4.74 Å². The first kappa shape index (κ1) is 24.0. The van der Waals surface area contributed by atoms with Crippen molar-refractivity contribution in [3.63, 3.8) is 0 Å². The fraction of sp³-hybridized carbons (Fsp3) is 0.143. The quantitative estimate of drug-likeness (QED) is 0.181. The number of carbonyl (C=O) groups excluding carboxylic acids is 2. The summed E-state index contributed by atoms with van der Waals surface area (Å²) < 4.78 is 5.19. The zero-order chi connectivity index (χ0) is 25.4. The first-order chi connectivity index (χ1) is 17.4. The maximum absolute atomic E-state index is 13.3. The molecule has 1 aliphatic heterocycles. The lowest BCUT2D eigenvalue weighted by Gasteiger charge is -2.26. The molecule has 0 saturated carbocycles. The van der Waals surface area contributed by atoms with Crippen molar-refractivity contribution < 1.29 is 19.4 Å². The number of amides is 1. The molecule has 4 aromatic rings. The number of H-pyrrole nitrogens is 1. The minimum atomic E-state index is -0.873. The fourth-order valence-electron chi connectivity index (χ4n) is 4.64. The molecular weight excluding hydrogens is 499 g/mol. The Morgan fingerprint density at radius 1 is 1.06 bits per heavy atom. The normalized spacial score (nSPS) is 17.2. The van der Waals surface area contributed by atoms with Crippen molar-refractivity contribution in [2.45, 2.75) is 12.5 Å². The Bertz CT molecular complexity index is 1510. The lowest BCUT2D eigenvalue weighted by Crippen LogP contribution is -2.31. The summed E-state index contributed by atoms with van der Waals surface area (Å²) in [4.78, 5) is 31.3. The second-order valence-corrected chi connectivity index (χ2v) is 9.34. The lowest BCUT2D eigenvalue weighted by atomic mass is 9.95. The standard InChI is InChI=1S/C28H22Cl2N2O4/c1-36-19-9-6-16(7-10-19)26(33)24-25(21-11-8-18(29)14-22(21)30)32(28(35)27(24)34)13-12-17-15-31-23-5-3-2-4-20(17)23/h2-11,14-15,25,31,33H,12-13H2,1H3/t25-/m1/s1. The third kappa shape index (κ3) is 4.23. The number of para-hydroxylation sites is 1. The van der Waals surface area contributed by atoms with Crippen LogP contribution in [0.15, 0.2) is 78.5 Å². The van der Waals surface area contributed by atoms with Gasteiger partial charge in [-0.25, -0.2) is 0 Å². The Morgan fingerprint density at radius 2 is 1.81 bits per heavy atom. The Morgan fingerprint density at radius 3 is 2.53 bits per heavy atom. The van der Waals surface area contributed by atoms with Crippen LogP contribution >= 0.6 is 23.2 Å².